The van der Waals surface area contributed by atoms with Crippen LogP contribution in [0.15, 0.2) is 47.4 Å². The second-order valence-corrected chi connectivity index (χ2v) is 6.64. The predicted molar refractivity (Wildman–Crippen MR) is 92.9 cm³/mol. The van der Waals surface area contributed by atoms with Gasteiger partial charge in [0.15, 0.2) is 0 Å². The lowest BCUT2D eigenvalue weighted by Gasteiger charge is -2.13. The first-order valence-electron chi connectivity index (χ1n) is 7.18. The normalized spacial score (nSPS) is 11.8. The molecule has 0 aliphatic carbocycles. The van der Waals surface area contributed by atoms with Crippen LogP contribution in [-0.4, -0.2) is 18.3 Å². The fraction of sp³-hybridized carbons (Fsp3) is 0.278. The molecular weight excluding hydrogens is 294 g/mol. The topological polar surface area (TPSA) is 38.3 Å². The third-order valence-electron chi connectivity index (χ3n) is 3.52. The molecule has 2 aromatic carbocycles. The molecule has 0 fully saturated rings. The second kappa shape index (κ2) is 7.36. The quantitative estimate of drug-likeness (QED) is 0.829. The third-order valence-corrected chi connectivity index (χ3v) is 4.61. The Kier molecular flexibility index (Phi) is 5.50. The number of hydrogen-bond donors (Lipinski definition) is 1. The lowest BCUT2D eigenvalue weighted by molar-refractivity contribution is -0.115. The number of amides is 1. The Morgan fingerprint density at radius 2 is 1.77 bits per heavy atom. The molecule has 0 spiro atoms. The number of ether oxygens (including phenoxy) is 1. The van der Waals surface area contributed by atoms with Crippen LogP contribution < -0.4 is 10.1 Å². The van der Waals surface area contributed by atoms with Gasteiger partial charge in [-0.05, 0) is 68.3 Å². The van der Waals surface area contributed by atoms with E-state index in [-0.39, 0.29) is 11.2 Å². The van der Waals surface area contributed by atoms with Crippen molar-refractivity contribution in [2.75, 3.05) is 12.4 Å². The van der Waals surface area contributed by atoms with Gasteiger partial charge < -0.3 is 10.1 Å². The van der Waals surface area contributed by atoms with Gasteiger partial charge >= 0.3 is 0 Å². The van der Waals surface area contributed by atoms with Gasteiger partial charge in [0.1, 0.15) is 5.75 Å². The van der Waals surface area contributed by atoms with Crippen molar-refractivity contribution in [1.29, 1.82) is 0 Å². The number of anilines is 1. The number of carbonyl (C=O) groups is 1. The molecule has 0 aliphatic rings. The van der Waals surface area contributed by atoms with E-state index in [1.165, 1.54) is 11.1 Å². The van der Waals surface area contributed by atoms with Gasteiger partial charge in [-0.25, -0.2) is 0 Å². The van der Waals surface area contributed by atoms with Crippen molar-refractivity contribution in [3.05, 3.63) is 53.6 Å². The van der Waals surface area contributed by atoms with Crippen molar-refractivity contribution in [1.82, 2.24) is 0 Å². The summed E-state index contributed by atoms with van der Waals surface area (Å²) >= 11 is 1.56. The molecule has 1 unspecified atom stereocenters. The summed E-state index contributed by atoms with van der Waals surface area (Å²) in [5.41, 5.74) is 3.28. The zero-order valence-corrected chi connectivity index (χ0v) is 14.2. The van der Waals surface area contributed by atoms with Crippen LogP contribution in [-0.2, 0) is 4.79 Å². The van der Waals surface area contributed by atoms with Gasteiger partial charge in [0.2, 0.25) is 5.91 Å². The Morgan fingerprint density at radius 3 is 2.36 bits per heavy atom. The van der Waals surface area contributed by atoms with Crippen molar-refractivity contribution in [3.8, 4) is 5.75 Å². The first-order chi connectivity index (χ1) is 10.5. The van der Waals surface area contributed by atoms with Crippen molar-refractivity contribution in [2.45, 2.75) is 30.9 Å². The van der Waals surface area contributed by atoms with Gasteiger partial charge in [0.05, 0.1) is 12.4 Å². The average molecular weight is 315 g/mol. The van der Waals surface area contributed by atoms with Gasteiger partial charge in [-0.1, -0.05) is 6.07 Å². The molecule has 0 heterocycles. The Morgan fingerprint density at radius 1 is 1.09 bits per heavy atom. The monoisotopic (exact) mass is 315 g/mol. The largest absolute Gasteiger partial charge is 0.497 e. The van der Waals surface area contributed by atoms with Crippen LogP contribution >= 0.6 is 11.8 Å². The molecule has 0 aliphatic heterocycles. The Bertz CT molecular complexity index is 653. The summed E-state index contributed by atoms with van der Waals surface area (Å²) in [5, 5.41) is 2.76. The molecule has 0 saturated carbocycles. The molecule has 0 radical (unpaired) electrons. The van der Waals surface area contributed by atoms with Gasteiger partial charge in [0.25, 0.3) is 0 Å². The zero-order valence-electron chi connectivity index (χ0n) is 13.3. The maximum absolute atomic E-state index is 12.3. The molecule has 2 aromatic rings. The molecular formula is C18H21NO2S. The highest BCUT2D eigenvalue weighted by molar-refractivity contribution is 8.00. The van der Waals surface area contributed by atoms with Gasteiger partial charge in [-0.15, -0.1) is 11.8 Å². The minimum absolute atomic E-state index is 0.00612. The fourth-order valence-electron chi connectivity index (χ4n) is 1.96. The van der Waals surface area contributed by atoms with Crippen LogP contribution in [0.3, 0.4) is 0 Å². The number of rotatable bonds is 5. The minimum atomic E-state index is -0.163. The summed E-state index contributed by atoms with van der Waals surface area (Å²) in [6.45, 7) is 6.09. The predicted octanol–water partition coefficient (Wildman–Crippen LogP) is 4.43. The number of nitrogens with one attached hydrogen (secondary N) is 1. The number of thioether (sulfide) groups is 1. The van der Waals surface area contributed by atoms with E-state index < -0.39 is 0 Å². The summed E-state index contributed by atoms with van der Waals surface area (Å²) < 4.78 is 5.10. The molecule has 0 aromatic heterocycles. The molecule has 2 rings (SSSR count). The first-order valence-corrected chi connectivity index (χ1v) is 8.06. The molecule has 0 saturated heterocycles. The highest BCUT2D eigenvalue weighted by atomic mass is 32.2. The van der Waals surface area contributed by atoms with E-state index in [0.717, 1.165) is 16.3 Å². The third kappa shape index (κ3) is 4.28. The van der Waals surface area contributed by atoms with Crippen molar-refractivity contribution in [2.24, 2.45) is 0 Å². The van der Waals surface area contributed by atoms with E-state index in [9.17, 15) is 4.79 Å². The Hall–Kier alpha value is -1.94. The van der Waals surface area contributed by atoms with Crippen LogP contribution in [0, 0.1) is 13.8 Å². The van der Waals surface area contributed by atoms with Crippen molar-refractivity contribution >= 4 is 23.4 Å². The number of benzene rings is 2. The fourth-order valence-corrected chi connectivity index (χ4v) is 2.93. The summed E-state index contributed by atoms with van der Waals surface area (Å²) in [6.07, 6.45) is 0. The van der Waals surface area contributed by atoms with Crippen LogP contribution in [0.25, 0.3) is 0 Å². The highest BCUT2D eigenvalue weighted by Crippen LogP contribution is 2.26. The van der Waals surface area contributed by atoms with E-state index in [2.05, 4.69) is 37.4 Å². The van der Waals surface area contributed by atoms with Crippen LogP contribution in [0.5, 0.6) is 5.75 Å². The molecule has 22 heavy (non-hydrogen) atoms. The first kappa shape index (κ1) is 16.4. The maximum Gasteiger partial charge on any atom is 0.237 e. The summed E-state index contributed by atoms with van der Waals surface area (Å²) in [7, 11) is 1.62. The van der Waals surface area contributed by atoms with Crippen LogP contribution in [0.1, 0.15) is 18.1 Å². The number of carbonyl (C=O) groups excluding carboxylic acids is 1. The summed E-state index contributed by atoms with van der Waals surface area (Å²) in [5.74, 6) is 0.768. The van der Waals surface area contributed by atoms with E-state index in [0.29, 0.717) is 0 Å². The van der Waals surface area contributed by atoms with Gasteiger partial charge in [-0.2, -0.15) is 0 Å². The smallest absolute Gasteiger partial charge is 0.237 e. The molecule has 4 heteroatoms. The average Bonchev–Trinajstić information content (AvgIpc) is 2.51. The molecule has 0 bridgehead atoms. The van der Waals surface area contributed by atoms with Crippen molar-refractivity contribution in [3.63, 3.8) is 0 Å². The van der Waals surface area contributed by atoms with Crippen LogP contribution in [0.4, 0.5) is 5.69 Å². The maximum atomic E-state index is 12.3. The minimum Gasteiger partial charge on any atom is -0.497 e. The van der Waals surface area contributed by atoms with E-state index >= 15 is 0 Å². The van der Waals surface area contributed by atoms with Gasteiger partial charge in [-0.3, -0.25) is 4.79 Å². The molecule has 1 N–H and O–H groups in total. The highest BCUT2D eigenvalue weighted by Gasteiger charge is 2.15. The zero-order chi connectivity index (χ0) is 16.1. The number of methoxy groups -OCH3 is 1. The standard InChI is InChI=1S/C18H21NO2S/c1-12-5-10-17(11-13(12)2)22-14(3)18(20)19-15-6-8-16(21-4)9-7-15/h5-11,14H,1-4H3,(H,19,20). The Labute approximate surface area is 136 Å². The summed E-state index contributed by atoms with van der Waals surface area (Å²) in [4.78, 5) is 13.4. The molecule has 3 nitrogen and oxygen atoms in total. The SMILES string of the molecule is COc1ccc(NC(=O)C(C)Sc2ccc(C)c(C)c2)cc1. The lowest BCUT2D eigenvalue weighted by Crippen LogP contribution is -2.22. The number of hydrogen-bond acceptors (Lipinski definition) is 3. The second-order valence-electron chi connectivity index (χ2n) is 5.22. The Balaban J connectivity index is 1.97. The number of aryl methyl sites for hydroxylation is 2. The molecule has 116 valence electrons. The van der Waals surface area contributed by atoms with E-state index in [1.54, 1.807) is 18.9 Å². The van der Waals surface area contributed by atoms with Crippen LogP contribution in [0.2, 0.25) is 0 Å². The molecule has 1 amide bonds. The van der Waals surface area contributed by atoms with E-state index in [4.69, 9.17) is 4.74 Å². The lowest BCUT2D eigenvalue weighted by atomic mass is 10.1. The van der Waals surface area contributed by atoms with E-state index in [1.807, 2.05) is 31.2 Å². The summed E-state index contributed by atoms with van der Waals surface area (Å²) in [6, 6.07) is 13.6. The van der Waals surface area contributed by atoms with Gasteiger partial charge in [0, 0.05) is 10.6 Å². The van der Waals surface area contributed by atoms with Crippen molar-refractivity contribution < 1.29 is 9.53 Å². The molecule has 1 atom stereocenters.